The van der Waals surface area contributed by atoms with Gasteiger partial charge < -0.3 is 4.90 Å². The largest absolute Gasteiger partial charge is 0.342 e. The van der Waals surface area contributed by atoms with E-state index in [2.05, 4.69) is 6.92 Å². The van der Waals surface area contributed by atoms with Gasteiger partial charge in [-0.2, -0.15) is 0 Å². The van der Waals surface area contributed by atoms with Gasteiger partial charge in [0.1, 0.15) is 0 Å². The van der Waals surface area contributed by atoms with Crippen LogP contribution in [-0.4, -0.2) is 47.2 Å². The Bertz CT molecular complexity index is 352. The molecular weight excluding hydrogens is 232 g/mol. The molecule has 0 bridgehead atoms. The first-order chi connectivity index (χ1) is 8.58. The van der Waals surface area contributed by atoms with E-state index in [0.29, 0.717) is 5.92 Å². The van der Waals surface area contributed by atoms with Gasteiger partial charge >= 0.3 is 0 Å². The van der Waals surface area contributed by atoms with Gasteiger partial charge in [-0.15, -0.1) is 0 Å². The van der Waals surface area contributed by atoms with E-state index in [9.17, 15) is 14.4 Å². The van der Waals surface area contributed by atoms with Gasteiger partial charge in [-0.05, 0) is 5.92 Å². The summed E-state index contributed by atoms with van der Waals surface area (Å²) in [6, 6.07) is 0. The lowest BCUT2D eigenvalue weighted by atomic mass is 10.0. The lowest BCUT2D eigenvalue weighted by molar-refractivity contribution is -0.140. The minimum atomic E-state index is -0.324. The average Bonchev–Trinajstić information content (AvgIpc) is 2.65. The first kappa shape index (κ1) is 14.4. The molecule has 0 aromatic rings. The van der Waals surface area contributed by atoms with Gasteiger partial charge in [0, 0.05) is 38.2 Å². The lowest BCUT2D eigenvalue weighted by Gasteiger charge is -2.37. The minimum absolute atomic E-state index is 0.0191. The molecule has 100 valence electrons. The van der Waals surface area contributed by atoms with E-state index in [1.165, 1.54) is 12.2 Å². The minimum Gasteiger partial charge on any atom is -0.342 e. The molecule has 18 heavy (non-hydrogen) atoms. The van der Waals surface area contributed by atoms with Crippen molar-refractivity contribution in [1.29, 1.82) is 0 Å². The Morgan fingerprint density at radius 3 is 2.17 bits per heavy atom. The van der Waals surface area contributed by atoms with E-state index in [1.807, 2.05) is 13.8 Å². The molecule has 5 heteroatoms. The zero-order chi connectivity index (χ0) is 13.7. The van der Waals surface area contributed by atoms with E-state index in [0.717, 1.165) is 18.0 Å². The summed E-state index contributed by atoms with van der Waals surface area (Å²) in [5.74, 6) is -0.0594. The number of carbonyl (C=O) groups excluding carboxylic acids is 3. The number of nitrogens with zero attached hydrogens (tertiary/aromatic N) is 2. The first-order valence-electron chi connectivity index (χ1n) is 6.39. The van der Waals surface area contributed by atoms with Crippen molar-refractivity contribution >= 4 is 17.7 Å². The van der Waals surface area contributed by atoms with Crippen molar-refractivity contribution in [3.05, 3.63) is 12.2 Å². The zero-order valence-corrected chi connectivity index (χ0v) is 11.2. The first-order valence-corrected chi connectivity index (χ1v) is 6.39. The molecule has 2 heterocycles. The molecule has 0 atom stereocenters. The molecular formula is C13H20N2O3. The Balaban J connectivity index is 0.000000771. The van der Waals surface area contributed by atoms with Gasteiger partial charge in [0.2, 0.25) is 5.91 Å². The summed E-state index contributed by atoms with van der Waals surface area (Å²) in [4.78, 5) is 36.8. The number of likely N-dealkylation sites (tertiary alicyclic amines) is 1. The van der Waals surface area contributed by atoms with Crippen molar-refractivity contribution in [2.45, 2.75) is 27.2 Å². The predicted octanol–water partition coefficient (Wildman–Crippen LogP) is 0.806. The molecule has 0 N–H and O–H groups in total. The summed E-state index contributed by atoms with van der Waals surface area (Å²) in [5.41, 5.74) is 0. The maximum atomic E-state index is 11.6. The fraction of sp³-hybridized carbons (Fsp3) is 0.615. The number of hydrogen-bond acceptors (Lipinski definition) is 3. The highest BCUT2D eigenvalue weighted by Crippen LogP contribution is 2.15. The van der Waals surface area contributed by atoms with Crippen LogP contribution in [0.4, 0.5) is 0 Å². The van der Waals surface area contributed by atoms with E-state index in [-0.39, 0.29) is 30.7 Å². The molecule has 0 aromatic carbocycles. The molecule has 0 saturated carbocycles. The maximum absolute atomic E-state index is 11.6. The molecule has 0 aliphatic carbocycles. The molecule has 3 amide bonds. The highest BCUT2D eigenvalue weighted by Gasteiger charge is 2.29. The van der Waals surface area contributed by atoms with Crippen molar-refractivity contribution < 1.29 is 14.4 Å². The Labute approximate surface area is 107 Å². The van der Waals surface area contributed by atoms with Crippen LogP contribution in [-0.2, 0) is 14.4 Å². The number of imide groups is 1. The summed E-state index contributed by atoms with van der Waals surface area (Å²) in [6.45, 7) is 7.85. The standard InChI is InChI=1S/C11H14N2O3.C2H6/c1-8-6-12(7-8)9(14)4-5-13-10(15)2-3-11(13)16;1-2/h2-3,8H,4-7H2,1H3;1-2H3. The second kappa shape index (κ2) is 6.33. The third kappa shape index (κ3) is 3.18. The van der Waals surface area contributed by atoms with Crippen molar-refractivity contribution in [1.82, 2.24) is 9.80 Å². The van der Waals surface area contributed by atoms with Gasteiger partial charge in [-0.3, -0.25) is 19.3 Å². The third-order valence-corrected chi connectivity index (χ3v) is 2.87. The van der Waals surface area contributed by atoms with Crippen LogP contribution in [0.2, 0.25) is 0 Å². The molecule has 0 unspecified atom stereocenters. The molecule has 0 spiro atoms. The number of amides is 3. The molecule has 2 rings (SSSR count). The van der Waals surface area contributed by atoms with Gasteiger partial charge in [-0.25, -0.2) is 0 Å². The van der Waals surface area contributed by atoms with Crippen molar-refractivity contribution in [3.63, 3.8) is 0 Å². The van der Waals surface area contributed by atoms with Crippen LogP contribution >= 0.6 is 0 Å². The summed E-state index contributed by atoms with van der Waals surface area (Å²) in [5, 5.41) is 0. The predicted molar refractivity (Wildman–Crippen MR) is 67.6 cm³/mol. The molecule has 5 nitrogen and oxygen atoms in total. The van der Waals surface area contributed by atoms with Crippen LogP contribution in [0.25, 0.3) is 0 Å². The van der Waals surface area contributed by atoms with Crippen LogP contribution in [0.5, 0.6) is 0 Å². The van der Waals surface area contributed by atoms with E-state index in [4.69, 9.17) is 0 Å². The highest BCUT2D eigenvalue weighted by atomic mass is 16.2. The Morgan fingerprint density at radius 1 is 1.22 bits per heavy atom. The SMILES string of the molecule is CC.CC1CN(C(=O)CCN2C(=O)C=CC2=O)C1. The normalized spacial score (nSPS) is 18.6. The number of carbonyl (C=O) groups is 3. The molecule has 1 saturated heterocycles. The second-order valence-electron chi connectivity index (χ2n) is 4.32. The average molecular weight is 252 g/mol. The van der Waals surface area contributed by atoms with Crippen LogP contribution in [0.15, 0.2) is 12.2 Å². The third-order valence-electron chi connectivity index (χ3n) is 2.87. The number of rotatable bonds is 3. The van der Waals surface area contributed by atoms with Gasteiger partial charge in [0.05, 0.1) is 0 Å². The smallest absolute Gasteiger partial charge is 0.253 e. The van der Waals surface area contributed by atoms with Gasteiger partial charge in [0.25, 0.3) is 11.8 Å². The Morgan fingerprint density at radius 2 is 1.72 bits per heavy atom. The second-order valence-corrected chi connectivity index (χ2v) is 4.32. The molecule has 2 aliphatic rings. The molecule has 0 aromatic heterocycles. The molecule has 2 aliphatic heterocycles. The number of hydrogen-bond donors (Lipinski definition) is 0. The zero-order valence-electron chi connectivity index (χ0n) is 11.2. The van der Waals surface area contributed by atoms with Crippen molar-refractivity contribution in [3.8, 4) is 0 Å². The fourth-order valence-corrected chi connectivity index (χ4v) is 1.92. The van der Waals surface area contributed by atoms with Crippen molar-refractivity contribution in [2.75, 3.05) is 19.6 Å². The molecule has 0 radical (unpaired) electrons. The lowest BCUT2D eigenvalue weighted by Crippen LogP contribution is -2.49. The highest BCUT2D eigenvalue weighted by molar-refractivity contribution is 6.13. The van der Waals surface area contributed by atoms with Gasteiger partial charge in [0.15, 0.2) is 0 Å². The topological polar surface area (TPSA) is 57.7 Å². The van der Waals surface area contributed by atoms with Crippen LogP contribution in [0.1, 0.15) is 27.2 Å². The van der Waals surface area contributed by atoms with Crippen LogP contribution in [0, 0.1) is 5.92 Å². The maximum Gasteiger partial charge on any atom is 0.253 e. The Hall–Kier alpha value is -1.65. The summed E-state index contributed by atoms with van der Waals surface area (Å²) < 4.78 is 0. The summed E-state index contributed by atoms with van der Waals surface area (Å²) in [6.07, 6.45) is 2.70. The van der Waals surface area contributed by atoms with Crippen molar-refractivity contribution in [2.24, 2.45) is 5.92 Å². The fourth-order valence-electron chi connectivity index (χ4n) is 1.92. The summed E-state index contributed by atoms with van der Waals surface area (Å²) in [7, 11) is 0. The van der Waals surface area contributed by atoms with E-state index < -0.39 is 0 Å². The molecule has 1 fully saturated rings. The summed E-state index contributed by atoms with van der Waals surface area (Å²) >= 11 is 0. The van der Waals surface area contributed by atoms with E-state index >= 15 is 0 Å². The van der Waals surface area contributed by atoms with E-state index in [1.54, 1.807) is 4.90 Å². The quantitative estimate of drug-likeness (QED) is 0.698. The van der Waals surface area contributed by atoms with Crippen LogP contribution in [0.3, 0.4) is 0 Å². The monoisotopic (exact) mass is 252 g/mol. The Kier molecular flexibility index (Phi) is 5.07. The van der Waals surface area contributed by atoms with Crippen LogP contribution < -0.4 is 0 Å². The van der Waals surface area contributed by atoms with Gasteiger partial charge in [-0.1, -0.05) is 20.8 Å².